The first-order valence-corrected chi connectivity index (χ1v) is 5.49. The molecule has 0 N–H and O–H groups in total. The number of esters is 1. The van der Waals surface area contributed by atoms with E-state index in [4.69, 9.17) is 9.47 Å². The third-order valence-corrected chi connectivity index (χ3v) is 3.28. The molecular formula is C11H21NO3. The van der Waals surface area contributed by atoms with Gasteiger partial charge in [0, 0.05) is 12.0 Å². The van der Waals surface area contributed by atoms with Crippen LogP contribution >= 0.6 is 0 Å². The molecule has 0 aromatic rings. The third-order valence-electron chi connectivity index (χ3n) is 3.28. The average Bonchev–Trinajstić information content (AvgIpc) is 2.19. The Bertz CT molecular complexity index is 216. The molecule has 0 aliphatic carbocycles. The number of hydrogen-bond donors (Lipinski definition) is 0. The molecule has 0 aromatic carbocycles. The molecule has 0 amide bonds. The van der Waals surface area contributed by atoms with Crippen molar-refractivity contribution in [3.05, 3.63) is 0 Å². The van der Waals surface area contributed by atoms with Gasteiger partial charge in [0.15, 0.2) is 0 Å². The highest BCUT2D eigenvalue weighted by atomic mass is 16.5. The van der Waals surface area contributed by atoms with Crippen molar-refractivity contribution in [2.75, 3.05) is 27.4 Å². The van der Waals surface area contributed by atoms with E-state index >= 15 is 0 Å². The molecule has 1 aliphatic heterocycles. The monoisotopic (exact) mass is 215 g/mol. The minimum absolute atomic E-state index is 0.147. The van der Waals surface area contributed by atoms with Gasteiger partial charge in [0.25, 0.3) is 0 Å². The largest absolute Gasteiger partial charge is 0.468 e. The van der Waals surface area contributed by atoms with Crippen LogP contribution in [0.3, 0.4) is 0 Å². The Kier molecular flexibility index (Phi) is 4.54. The Morgan fingerprint density at radius 1 is 1.60 bits per heavy atom. The highest BCUT2D eigenvalue weighted by Crippen LogP contribution is 2.22. The smallest absolute Gasteiger partial charge is 0.323 e. The zero-order valence-electron chi connectivity index (χ0n) is 10.0. The molecule has 2 unspecified atom stereocenters. The first kappa shape index (κ1) is 12.5. The molecule has 2 atom stereocenters. The fraction of sp³-hybridized carbons (Fsp3) is 0.909. The normalized spacial score (nSPS) is 20.9. The van der Waals surface area contributed by atoms with E-state index in [1.165, 1.54) is 7.11 Å². The van der Waals surface area contributed by atoms with Crippen molar-refractivity contribution in [2.45, 2.75) is 32.4 Å². The van der Waals surface area contributed by atoms with Crippen LogP contribution < -0.4 is 0 Å². The molecule has 0 saturated carbocycles. The van der Waals surface area contributed by atoms with Gasteiger partial charge in [-0.05, 0) is 20.4 Å². The Hall–Kier alpha value is -0.610. The number of methoxy groups -OCH3 is 1. The molecule has 88 valence electrons. The van der Waals surface area contributed by atoms with Crippen LogP contribution in [-0.2, 0) is 14.3 Å². The Morgan fingerprint density at radius 3 is 2.53 bits per heavy atom. The van der Waals surface area contributed by atoms with Gasteiger partial charge in [-0.3, -0.25) is 9.69 Å². The van der Waals surface area contributed by atoms with E-state index in [9.17, 15) is 4.79 Å². The molecule has 0 radical (unpaired) electrons. The minimum Gasteiger partial charge on any atom is -0.468 e. The van der Waals surface area contributed by atoms with Gasteiger partial charge in [0.1, 0.15) is 6.04 Å². The van der Waals surface area contributed by atoms with Crippen LogP contribution in [0.5, 0.6) is 0 Å². The summed E-state index contributed by atoms with van der Waals surface area (Å²) in [6.45, 7) is 5.57. The summed E-state index contributed by atoms with van der Waals surface area (Å²) in [4.78, 5) is 13.8. The zero-order valence-corrected chi connectivity index (χ0v) is 10.0. The lowest BCUT2D eigenvalue weighted by Crippen LogP contribution is -2.54. The fourth-order valence-electron chi connectivity index (χ4n) is 1.81. The van der Waals surface area contributed by atoms with Crippen LogP contribution in [0.1, 0.15) is 20.3 Å². The number of hydrogen-bond acceptors (Lipinski definition) is 4. The molecule has 0 bridgehead atoms. The van der Waals surface area contributed by atoms with Gasteiger partial charge in [-0.15, -0.1) is 0 Å². The van der Waals surface area contributed by atoms with Gasteiger partial charge in [0.05, 0.1) is 20.3 Å². The molecule has 15 heavy (non-hydrogen) atoms. The SMILES string of the molecule is CCC(C)N(C)C(C(=O)OC)C1COC1. The van der Waals surface area contributed by atoms with Crippen LogP contribution in [0.4, 0.5) is 0 Å². The summed E-state index contributed by atoms with van der Waals surface area (Å²) in [6, 6.07) is 0.230. The summed E-state index contributed by atoms with van der Waals surface area (Å²) in [7, 11) is 3.42. The molecule has 4 heteroatoms. The lowest BCUT2D eigenvalue weighted by molar-refractivity contribution is -0.159. The minimum atomic E-state index is -0.154. The molecule has 1 saturated heterocycles. The van der Waals surface area contributed by atoms with Crippen LogP contribution in [0.15, 0.2) is 0 Å². The van der Waals surface area contributed by atoms with Crippen molar-refractivity contribution in [2.24, 2.45) is 5.92 Å². The number of nitrogens with zero attached hydrogens (tertiary/aromatic N) is 1. The number of carbonyl (C=O) groups excluding carboxylic acids is 1. The van der Waals surface area contributed by atoms with Crippen LogP contribution in [0.2, 0.25) is 0 Å². The van der Waals surface area contributed by atoms with Crippen molar-refractivity contribution < 1.29 is 14.3 Å². The summed E-state index contributed by atoms with van der Waals surface area (Å²) >= 11 is 0. The summed E-state index contributed by atoms with van der Waals surface area (Å²) in [5, 5.41) is 0. The van der Waals surface area contributed by atoms with Crippen molar-refractivity contribution in [3.63, 3.8) is 0 Å². The number of ether oxygens (including phenoxy) is 2. The van der Waals surface area contributed by atoms with Gasteiger partial charge in [-0.1, -0.05) is 6.92 Å². The van der Waals surface area contributed by atoms with Crippen LogP contribution in [0, 0.1) is 5.92 Å². The summed E-state index contributed by atoms with van der Waals surface area (Å²) in [6.07, 6.45) is 1.03. The molecule has 1 fully saturated rings. The van der Waals surface area contributed by atoms with Gasteiger partial charge in [-0.25, -0.2) is 0 Å². The maximum atomic E-state index is 11.7. The van der Waals surface area contributed by atoms with E-state index in [0.29, 0.717) is 19.3 Å². The lowest BCUT2D eigenvalue weighted by atomic mass is 9.95. The highest BCUT2D eigenvalue weighted by molar-refractivity contribution is 5.76. The van der Waals surface area contributed by atoms with Crippen molar-refractivity contribution in [1.82, 2.24) is 4.90 Å². The van der Waals surface area contributed by atoms with Gasteiger partial charge in [-0.2, -0.15) is 0 Å². The van der Waals surface area contributed by atoms with Gasteiger partial charge in [0.2, 0.25) is 0 Å². The van der Waals surface area contributed by atoms with Crippen LogP contribution in [0.25, 0.3) is 0 Å². The van der Waals surface area contributed by atoms with Gasteiger partial charge >= 0.3 is 5.97 Å². The van der Waals surface area contributed by atoms with Gasteiger partial charge < -0.3 is 9.47 Å². The predicted octanol–water partition coefficient (Wildman–Crippen LogP) is 0.905. The molecule has 0 aromatic heterocycles. The second-order valence-corrected chi connectivity index (χ2v) is 4.19. The predicted molar refractivity (Wildman–Crippen MR) is 57.6 cm³/mol. The van der Waals surface area contributed by atoms with Crippen molar-refractivity contribution in [1.29, 1.82) is 0 Å². The standard InChI is InChI=1S/C11H21NO3/c1-5-8(2)12(3)10(11(13)14-4)9-6-15-7-9/h8-10H,5-7H2,1-4H3. The van der Waals surface area contributed by atoms with E-state index in [1.54, 1.807) is 0 Å². The quantitative estimate of drug-likeness (QED) is 0.639. The number of rotatable bonds is 5. The van der Waals surface area contributed by atoms with E-state index in [1.807, 2.05) is 7.05 Å². The Morgan fingerprint density at radius 2 is 2.20 bits per heavy atom. The molecule has 0 spiro atoms. The van der Waals surface area contributed by atoms with Crippen LogP contribution in [-0.4, -0.2) is 50.3 Å². The summed E-state index contributed by atoms with van der Waals surface area (Å²) in [5.74, 6) is 0.141. The highest BCUT2D eigenvalue weighted by Gasteiger charge is 2.38. The number of carbonyl (C=O) groups is 1. The average molecular weight is 215 g/mol. The molecular weight excluding hydrogens is 194 g/mol. The van der Waals surface area contributed by atoms with E-state index in [-0.39, 0.29) is 17.9 Å². The maximum absolute atomic E-state index is 11.7. The summed E-state index contributed by atoms with van der Waals surface area (Å²) in [5.41, 5.74) is 0. The molecule has 1 heterocycles. The Labute approximate surface area is 91.5 Å². The van der Waals surface area contributed by atoms with E-state index in [0.717, 1.165) is 6.42 Å². The maximum Gasteiger partial charge on any atom is 0.323 e. The van der Waals surface area contributed by atoms with Crippen molar-refractivity contribution in [3.8, 4) is 0 Å². The Balaban J connectivity index is 2.66. The fourth-order valence-corrected chi connectivity index (χ4v) is 1.81. The second-order valence-electron chi connectivity index (χ2n) is 4.19. The van der Waals surface area contributed by atoms with E-state index in [2.05, 4.69) is 18.7 Å². The lowest BCUT2D eigenvalue weighted by Gasteiger charge is -2.39. The summed E-state index contributed by atoms with van der Waals surface area (Å²) < 4.78 is 9.99. The topological polar surface area (TPSA) is 38.8 Å². The third kappa shape index (κ3) is 2.69. The molecule has 1 aliphatic rings. The molecule has 4 nitrogen and oxygen atoms in total. The first-order chi connectivity index (χ1) is 7.11. The second kappa shape index (κ2) is 5.47. The zero-order chi connectivity index (χ0) is 11.4. The molecule has 1 rings (SSSR count). The number of likely N-dealkylation sites (N-methyl/N-ethyl adjacent to an activating group) is 1. The van der Waals surface area contributed by atoms with Crippen molar-refractivity contribution >= 4 is 5.97 Å². The first-order valence-electron chi connectivity index (χ1n) is 5.49. The van der Waals surface area contributed by atoms with E-state index < -0.39 is 0 Å².